The minimum absolute atomic E-state index is 0.0449. The summed E-state index contributed by atoms with van der Waals surface area (Å²) in [5, 5.41) is 12.7. The van der Waals surface area contributed by atoms with Crippen LogP contribution in [0.5, 0.6) is 0 Å². The van der Waals surface area contributed by atoms with Crippen molar-refractivity contribution >= 4 is 19.7 Å². The number of carbonyl (C=O) groups is 2. The summed E-state index contributed by atoms with van der Waals surface area (Å²) in [5.74, 6) is -0.581. The number of carbonyl (C=O) groups excluding carboxylic acids is 2. The summed E-state index contributed by atoms with van der Waals surface area (Å²) >= 11 is 0. The molecule has 0 spiro atoms. The topological polar surface area (TPSA) is 131 Å². The third-order valence-corrected chi connectivity index (χ3v) is 11.5. The number of aliphatic hydroxyl groups excluding tert-OH is 1. The number of rotatable bonds is 47. The van der Waals surface area contributed by atoms with Crippen LogP contribution in [0.15, 0.2) is 97.2 Å². The summed E-state index contributed by atoms with van der Waals surface area (Å²) in [4.78, 5) is 34.1. The predicted molar refractivity (Wildman–Crippen MR) is 275 cm³/mol. The molecule has 0 aromatic rings. The highest BCUT2D eigenvalue weighted by Crippen LogP contribution is 2.42. The van der Waals surface area contributed by atoms with Crippen LogP contribution in [0.25, 0.3) is 0 Å². The quantitative estimate of drug-likeness (QED) is 0.0238. The molecule has 9 nitrogen and oxygen atoms in total. The van der Waals surface area contributed by atoms with Gasteiger partial charge in [-0.05, 0) is 89.9 Å². The van der Waals surface area contributed by atoms with Crippen LogP contribution in [-0.2, 0) is 27.9 Å². The van der Waals surface area contributed by atoms with Crippen molar-refractivity contribution in [2.75, 3.05) is 26.4 Å². The van der Waals surface area contributed by atoms with Gasteiger partial charge in [0.05, 0.1) is 13.2 Å². The number of phosphoric ester groups is 1. The zero-order valence-corrected chi connectivity index (χ0v) is 42.0. The predicted octanol–water partition coefficient (Wildman–Crippen LogP) is 15.3. The molecule has 0 heterocycles. The van der Waals surface area contributed by atoms with E-state index in [4.69, 9.17) is 13.8 Å². The SMILES string of the molecule is CC/C=C\C/C=C\C/C=C\C/C=C\C/C=C\C/C=C\C/C=C\CCCC(=O)NCCOP(=O)(O)OCC(O)COC(=O)CCCCCCCCCCCCC/C=C/CCCCCCCC. The number of amides is 1. The third-order valence-electron chi connectivity index (χ3n) is 10.5. The number of esters is 1. The molecular weight excluding hydrogens is 834 g/mol. The van der Waals surface area contributed by atoms with E-state index in [2.05, 4.69) is 116 Å². The fourth-order valence-electron chi connectivity index (χ4n) is 6.66. The first-order valence-corrected chi connectivity index (χ1v) is 27.2. The van der Waals surface area contributed by atoms with Gasteiger partial charge in [0.25, 0.3) is 0 Å². The first-order chi connectivity index (χ1) is 31.8. The van der Waals surface area contributed by atoms with Gasteiger partial charge in [0, 0.05) is 19.4 Å². The molecule has 2 atom stereocenters. The Morgan fingerprint density at radius 1 is 0.492 bits per heavy atom. The summed E-state index contributed by atoms with van der Waals surface area (Å²) < 4.78 is 27.0. The maximum absolute atomic E-state index is 12.2. The lowest BCUT2D eigenvalue weighted by Crippen LogP contribution is -2.27. The molecule has 0 aliphatic heterocycles. The second kappa shape index (κ2) is 50.3. The number of allylic oxidation sites excluding steroid dienone is 16. The Hall–Kier alpha value is -3.07. The van der Waals surface area contributed by atoms with Gasteiger partial charge in [-0.1, -0.05) is 201 Å². The summed E-state index contributed by atoms with van der Waals surface area (Å²) in [7, 11) is -4.45. The van der Waals surface area contributed by atoms with Gasteiger partial charge in [0.15, 0.2) is 0 Å². The molecule has 0 aliphatic carbocycles. The molecule has 1 amide bonds. The molecule has 0 aliphatic rings. The Kier molecular flexibility index (Phi) is 48.0. The standard InChI is InChI=1S/C55H94NO8P/c1-3-5-7-9-11-13-15-17-19-21-23-25-26-28-29-31-33-35-37-39-41-43-45-47-54(58)56-49-50-63-65(60,61)64-52-53(57)51-62-55(59)48-46-44-42-40-38-36-34-32-30-27-24-22-20-18-16-14-12-10-8-6-4-2/h5,7,11,13,17-20,23,25,28-29,33,35,39,41,53,57H,3-4,6,8-10,12,14-16,21-22,24,26-27,30-32,34,36-38,40,42-52H2,1-2H3,(H,56,58)(H,60,61)/b7-5-,13-11-,19-17-,20-18+,25-23-,29-28-,35-33-,41-39-. The molecule has 0 bridgehead atoms. The van der Waals surface area contributed by atoms with E-state index in [1.165, 1.54) is 103 Å². The van der Waals surface area contributed by atoms with Gasteiger partial charge >= 0.3 is 13.8 Å². The summed E-state index contributed by atoms with van der Waals surface area (Å²) in [6, 6.07) is 0. The summed E-state index contributed by atoms with van der Waals surface area (Å²) in [6.07, 6.45) is 66.4. The van der Waals surface area contributed by atoms with Gasteiger partial charge in [-0.2, -0.15) is 0 Å². The third kappa shape index (κ3) is 51.8. The fourth-order valence-corrected chi connectivity index (χ4v) is 7.42. The van der Waals surface area contributed by atoms with E-state index >= 15 is 0 Å². The normalized spacial score (nSPS) is 14.0. The van der Waals surface area contributed by atoms with Crippen molar-refractivity contribution in [1.82, 2.24) is 5.32 Å². The second-order valence-corrected chi connectivity index (χ2v) is 18.2. The number of aliphatic hydroxyl groups is 1. The van der Waals surface area contributed by atoms with Crippen molar-refractivity contribution in [3.8, 4) is 0 Å². The van der Waals surface area contributed by atoms with Crippen LogP contribution < -0.4 is 5.32 Å². The van der Waals surface area contributed by atoms with E-state index in [0.29, 0.717) is 12.8 Å². The van der Waals surface area contributed by atoms with Crippen molar-refractivity contribution in [3.63, 3.8) is 0 Å². The lowest BCUT2D eigenvalue weighted by Gasteiger charge is -2.15. The molecule has 0 rings (SSSR count). The Labute approximate surface area is 397 Å². The molecule has 0 aromatic heterocycles. The van der Waals surface area contributed by atoms with Gasteiger partial charge in [0.1, 0.15) is 12.7 Å². The minimum Gasteiger partial charge on any atom is -0.463 e. The Balaban J connectivity index is 3.67. The van der Waals surface area contributed by atoms with Gasteiger partial charge in [-0.25, -0.2) is 4.57 Å². The van der Waals surface area contributed by atoms with Crippen molar-refractivity contribution in [1.29, 1.82) is 0 Å². The fraction of sp³-hybridized carbons (Fsp3) is 0.673. The number of hydrogen-bond donors (Lipinski definition) is 3. The number of phosphoric acid groups is 1. The molecule has 0 saturated heterocycles. The highest BCUT2D eigenvalue weighted by atomic mass is 31.2. The molecule has 65 heavy (non-hydrogen) atoms. The van der Waals surface area contributed by atoms with Gasteiger partial charge in [0.2, 0.25) is 5.91 Å². The molecule has 0 fully saturated rings. The van der Waals surface area contributed by atoms with Crippen LogP contribution >= 0.6 is 7.82 Å². The maximum Gasteiger partial charge on any atom is 0.472 e. The number of ether oxygens (including phenoxy) is 1. The number of nitrogens with one attached hydrogen (secondary N) is 1. The molecule has 0 saturated carbocycles. The smallest absolute Gasteiger partial charge is 0.463 e. The highest BCUT2D eigenvalue weighted by molar-refractivity contribution is 7.47. The molecule has 372 valence electrons. The Morgan fingerprint density at radius 2 is 0.892 bits per heavy atom. The molecular formula is C55H94NO8P. The van der Waals surface area contributed by atoms with Crippen molar-refractivity contribution < 1.29 is 37.9 Å². The lowest BCUT2D eigenvalue weighted by atomic mass is 10.0. The van der Waals surface area contributed by atoms with Gasteiger partial charge < -0.3 is 20.1 Å². The molecule has 2 unspecified atom stereocenters. The van der Waals surface area contributed by atoms with Crippen LogP contribution in [0.2, 0.25) is 0 Å². The van der Waals surface area contributed by atoms with E-state index in [0.717, 1.165) is 70.6 Å². The molecule has 3 N–H and O–H groups in total. The monoisotopic (exact) mass is 928 g/mol. The van der Waals surface area contributed by atoms with Crippen LogP contribution in [0.3, 0.4) is 0 Å². The number of hydrogen-bond acceptors (Lipinski definition) is 7. The molecule has 10 heteroatoms. The van der Waals surface area contributed by atoms with E-state index < -0.39 is 26.5 Å². The first-order valence-electron chi connectivity index (χ1n) is 25.7. The molecule has 0 aromatic carbocycles. The van der Waals surface area contributed by atoms with E-state index in [1.54, 1.807) is 0 Å². The van der Waals surface area contributed by atoms with Crippen LogP contribution in [0, 0.1) is 0 Å². The highest BCUT2D eigenvalue weighted by Gasteiger charge is 2.23. The average Bonchev–Trinajstić information content (AvgIpc) is 3.29. The van der Waals surface area contributed by atoms with Crippen molar-refractivity contribution in [2.24, 2.45) is 0 Å². The summed E-state index contributed by atoms with van der Waals surface area (Å²) in [5.41, 5.74) is 0. The van der Waals surface area contributed by atoms with Crippen LogP contribution in [0.4, 0.5) is 0 Å². The summed E-state index contributed by atoms with van der Waals surface area (Å²) in [6.45, 7) is 3.37. The van der Waals surface area contributed by atoms with E-state index in [1.807, 2.05) is 0 Å². The largest absolute Gasteiger partial charge is 0.472 e. The molecule has 0 radical (unpaired) electrons. The zero-order chi connectivity index (χ0) is 47.4. The van der Waals surface area contributed by atoms with Crippen molar-refractivity contribution in [3.05, 3.63) is 97.2 Å². The van der Waals surface area contributed by atoms with E-state index in [9.17, 15) is 24.2 Å². The Bertz CT molecular complexity index is 1380. The lowest BCUT2D eigenvalue weighted by molar-refractivity contribution is -0.147. The first kappa shape index (κ1) is 61.9. The van der Waals surface area contributed by atoms with Crippen LogP contribution in [0.1, 0.15) is 206 Å². The zero-order valence-electron chi connectivity index (χ0n) is 41.1. The Morgan fingerprint density at radius 3 is 1.37 bits per heavy atom. The van der Waals surface area contributed by atoms with Gasteiger partial charge in [-0.15, -0.1) is 0 Å². The van der Waals surface area contributed by atoms with Gasteiger partial charge in [-0.3, -0.25) is 18.6 Å². The van der Waals surface area contributed by atoms with Crippen LogP contribution in [-0.4, -0.2) is 54.3 Å². The average molecular weight is 928 g/mol. The van der Waals surface area contributed by atoms with E-state index in [-0.39, 0.29) is 32.1 Å². The number of unbranched alkanes of at least 4 members (excludes halogenated alkanes) is 18. The van der Waals surface area contributed by atoms with Crippen molar-refractivity contribution in [2.45, 2.75) is 213 Å². The second-order valence-electron chi connectivity index (χ2n) is 16.8. The maximum atomic E-state index is 12.2. The minimum atomic E-state index is -4.45.